The van der Waals surface area contributed by atoms with Crippen molar-refractivity contribution in [2.45, 2.75) is 45.1 Å². The highest BCUT2D eigenvalue weighted by Gasteiger charge is 2.26. The molecule has 1 fully saturated rings. The van der Waals surface area contributed by atoms with Crippen molar-refractivity contribution >= 4 is 11.8 Å². The molecular weight excluding hydrogens is 178 g/mol. The zero-order chi connectivity index (χ0) is 9.52. The highest BCUT2D eigenvalue weighted by Crippen LogP contribution is 2.32. The van der Waals surface area contributed by atoms with Crippen LogP contribution in [0.4, 0.5) is 0 Å². The molecule has 1 N–H and O–H groups in total. The summed E-state index contributed by atoms with van der Waals surface area (Å²) in [6.45, 7) is 3.56. The monoisotopic (exact) mass is 201 g/mol. The van der Waals surface area contributed by atoms with Crippen molar-refractivity contribution in [2.24, 2.45) is 5.92 Å². The van der Waals surface area contributed by atoms with Gasteiger partial charge in [-0.25, -0.2) is 0 Å². The third-order valence-corrected chi connectivity index (χ3v) is 3.52. The highest BCUT2D eigenvalue weighted by molar-refractivity contribution is 7.98. The first kappa shape index (κ1) is 11.4. The van der Waals surface area contributed by atoms with Gasteiger partial charge in [-0.05, 0) is 57.1 Å². The van der Waals surface area contributed by atoms with E-state index < -0.39 is 0 Å². The maximum Gasteiger partial charge on any atom is 0.00669 e. The number of rotatable bonds is 8. The summed E-state index contributed by atoms with van der Waals surface area (Å²) in [4.78, 5) is 0. The van der Waals surface area contributed by atoms with Crippen LogP contribution in [0, 0.1) is 5.92 Å². The van der Waals surface area contributed by atoms with Gasteiger partial charge in [0.2, 0.25) is 0 Å². The summed E-state index contributed by atoms with van der Waals surface area (Å²) < 4.78 is 0. The Labute approximate surface area is 87.1 Å². The quantitative estimate of drug-likeness (QED) is 0.606. The Hall–Kier alpha value is 0.310. The van der Waals surface area contributed by atoms with E-state index in [0.717, 1.165) is 12.0 Å². The Morgan fingerprint density at radius 2 is 2.08 bits per heavy atom. The predicted molar refractivity (Wildman–Crippen MR) is 62.4 cm³/mol. The molecule has 0 aromatic rings. The molecule has 0 bridgehead atoms. The molecule has 78 valence electrons. The van der Waals surface area contributed by atoms with Gasteiger partial charge in [-0.3, -0.25) is 0 Å². The first-order valence-electron chi connectivity index (χ1n) is 5.57. The van der Waals surface area contributed by atoms with Crippen molar-refractivity contribution in [3.8, 4) is 0 Å². The normalized spacial score (nSPS) is 18.9. The summed E-state index contributed by atoms with van der Waals surface area (Å²) in [6.07, 6.45) is 9.25. The van der Waals surface area contributed by atoms with Gasteiger partial charge in [-0.15, -0.1) is 0 Å². The van der Waals surface area contributed by atoms with Gasteiger partial charge in [0.25, 0.3) is 0 Å². The third kappa shape index (κ3) is 5.58. The van der Waals surface area contributed by atoms with E-state index in [1.165, 1.54) is 44.4 Å². The van der Waals surface area contributed by atoms with Crippen molar-refractivity contribution in [1.29, 1.82) is 0 Å². The van der Waals surface area contributed by atoms with E-state index in [0.29, 0.717) is 0 Å². The van der Waals surface area contributed by atoms with Crippen LogP contribution in [0.1, 0.15) is 39.0 Å². The van der Waals surface area contributed by atoms with Gasteiger partial charge in [-0.2, -0.15) is 11.8 Å². The van der Waals surface area contributed by atoms with Crippen molar-refractivity contribution in [3.05, 3.63) is 0 Å². The van der Waals surface area contributed by atoms with Crippen LogP contribution in [0.15, 0.2) is 0 Å². The lowest BCUT2D eigenvalue weighted by Crippen LogP contribution is -2.28. The second kappa shape index (κ2) is 6.72. The largest absolute Gasteiger partial charge is 0.314 e. The molecule has 0 aromatic carbocycles. The topological polar surface area (TPSA) is 12.0 Å². The van der Waals surface area contributed by atoms with E-state index >= 15 is 0 Å². The average molecular weight is 201 g/mol. The third-order valence-electron chi connectivity index (χ3n) is 2.82. The number of nitrogens with one attached hydrogen (secondary N) is 1. The van der Waals surface area contributed by atoms with E-state index in [9.17, 15) is 0 Å². The summed E-state index contributed by atoms with van der Waals surface area (Å²) in [5, 5.41) is 3.61. The summed E-state index contributed by atoms with van der Waals surface area (Å²) in [7, 11) is 0. The molecule has 0 amide bonds. The second-order valence-electron chi connectivity index (χ2n) is 4.13. The van der Waals surface area contributed by atoms with Crippen molar-refractivity contribution in [2.75, 3.05) is 18.6 Å². The molecule has 0 spiro atoms. The van der Waals surface area contributed by atoms with Gasteiger partial charge >= 0.3 is 0 Å². The highest BCUT2D eigenvalue weighted by atomic mass is 32.2. The molecule has 2 heteroatoms. The van der Waals surface area contributed by atoms with Crippen LogP contribution in [0.2, 0.25) is 0 Å². The molecule has 1 rings (SSSR count). The fourth-order valence-electron chi connectivity index (χ4n) is 1.64. The van der Waals surface area contributed by atoms with Crippen LogP contribution in [0.3, 0.4) is 0 Å². The molecule has 1 nitrogen and oxygen atoms in total. The SMILES string of the molecule is CSCCCCCNC(C)C1CC1. The zero-order valence-electron chi connectivity index (χ0n) is 9.01. The maximum absolute atomic E-state index is 3.61. The van der Waals surface area contributed by atoms with Crippen molar-refractivity contribution in [1.82, 2.24) is 5.32 Å². The van der Waals surface area contributed by atoms with Gasteiger partial charge in [0, 0.05) is 6.04 Å². The number of hydrogen-bond acceptors (Lipinski definition) is 2. The van der Waals surface area contributed by atoms with Gasteiger partial charge in [0.1, 0.15) is 0 Å². The van der Waals surface area contributed by atoms with E-state index in [4.69, 9.17) is 0 Å². The lowest BCUT2D eigenvalue weighted by molar-refractivity contribution is 0.483. The number of hydrogen-bond donors (Lipinski definition) is 1. The molecule has 1 aliphatic carbocycles. The molecule has 0 radical (unpaired) electrons. The first-order chi connectivity index (χ1) is 6.34. The molecule has 1 saturated carbocycles. The Balaban J connectivity index is 1.77. The fourth-order valence-corrected chi connectivity index (χ4v) is 2.13. The Morgan fingerprint density at radius 3 is 2.69 bits per heavy atom. The van der Waals surface area contributed by atoms with Gasteiger partial charge in [0.05, 0.1) is 0 Å². The van der Waals surface area contributed by atoms with Gasteiger partial charge in [-0.1, -0.05) is 6.42 Å². The van der Waals surface area contributed by atoms with Crippen molar-refractivity contribution < 1.29 is 0 Å². The minimum Gasteiger partial charge on any atom is -0.314 e. The summed E-state index contributed by atoms with van der Waals surface area (Å²) in [6, 6.07) is 0.778. The van der Waals surface area contributed by atoms with Crippen LogP contribution in [0.5, 0.6) is 0 Å². The summed E-state index contributed by atoms with van der Waals surface area (Å²) in [5.74, 6) is 2.34. The van der Waals surface area contributed by atoms with Gasteiger partial charge in [0.15, 0.2) is 0 Å². The Kier molecular flexibility index (Phi) is 5.88. The molecule has 0 aromatic heterocycles. The molecule has 13 heavy (non-hydrogen) atoms. The zero-order valence-corrected chi connectivity index (χ0v) is 9.83. The van der Waals surface area contributed by atoms with E-state index in [1.807, 2.05) is 11.8 Å². The van der Waals surface area contributed by atoms with Crippen LogP contribution in [-0.4, -0.2) is 24.6 Å². The Bertz CT molecular complexity index is 123. The standard InChI is InChI=1S/C11H23NS/c1-10(11-6-7-11)12-8-4-3-5-9-13-2/h10-12H,3-9H2,1-2H3. The Morgan fingerprint density at radius 1 is 1.31 bits per heavy atom. The van der Waals surface area contributed by atoms with Crippen molar-refractivity contribution in [3.63, 3.8) is 0 Å². The molecule has 1 aliphatic rings. The maximum atomic E-state index is 3.61. The minimum absolute atomic E-state index is 0.778. The molecule has 1 unspecified atom stereocenters. The predicted octanol–water partition coefficient (Wildman–Crippen LogP) is 2.91. The smallest absolute Gasteiger partial charge is 0.00669 e. The summed E-state index contributed by atoms with van der Waals surface area (Å²) in [5.41, 5.74) is 0. The van der Waals surface area contributed by atoms with Crippen LogP contribution in [0.25, 0.3) is 0 Å². The molecule has 0 heterocycles. The van der Waals surface area contributed by atoms with E-state index in [1.54, 1.807) is 0 Å². The fraction of sp³-hybridized carbons (Fsp3) is 1.00. The van der Waals surface area contributed by atoms with Gasteiger partial charge < -0.3 is 5.32 Å². The molecule has 0 aliphatic heterocycles. The molecule has 1 atom stereocenters. The van der Waals surface area contributed by atoms with Crippen LogP contribution >= 0.6 is 11.8 Å². The number of unbranched alkanes of at least 4 members (excludes halogenated alkanes) is 2. The lowest BCUT2D eigenvalue weighted by Gasteiger charge is -2.11. The lowest BCUT2D eigenvalue weighted by atomic mass is 10.2. The molecule has 0 saturated heterocycles. The minimum atomic E-state index is 0.778. The van der Waals surface area contributed by atoms with Crippen LogP contribution in [-0.2, 0) is 0 Å². The van der Waals surface area contributed by atoms with E-state index in [-0.39, 0.29) is 0 Å². The second-order valence-corrected chi connectivity index (χ2v) is 5.12. The van der Waals surface area contributed by atoms with Crippen LogP contribution < -0.4 is 5.32 Å². The molecular formula is C11H23NS. The number of thioether (sulfide) groups is 1. The van der Waals surface area contributed by atoms with E-state index in [2.05, 4.69) is 18.5 Å². The average Bonchev–Trinajstić information content (AvgIpc) is 2.93. The first-order valence-corrected chi connectivity index (χ1v) is 6.96. The summed E-state index contributed by atoms with van der Waals surface area (Å²) >= 11 is 1.96.